The van der Waals surface area contributed by atoms with Crippen molar-refractivity contribution in [3.05, 3.63) is 29.8 Å². The Morgan fingerprint density at radius 1 is 1.15 bits per heavy atom. The van der Waals surface area contributed by atoms with Crippen LogP contribution in [0.4, 0.5) is 5.69 Å². The second-order valence-corrected chi connectivity index (χ2v) is 6.28. The summed E-state index contributed by atoms with van der Waals surface area (Å²) in [6.07, 6.45) is 8.41. The SMILES string of the molecule is CCNC(c1cccc(N(C)C)c1)C1CCCCCC1. The van der Waals surface area contributed by atoms with Crippen LogP contribution in [-0.2, 0) is 0 Å². The van der Waals surface area contributed by atoms with Gasteiger partial charge in [-0.3, -0.25) is 0 Å². The van der Waals surface area contributed by atoms with Crippen LogP contribution in [-0.4, -0.2) is 20.6 Å². The average Bonchev–Trinajstić information content (AvgIpc) is 2.74. The summed E-state index contributed by atoms with van der Waals surface area (Å²) >= 11 is 0. The largest absolute Gasteiger partial charge is 0.378 e. The molecule has 1 unspecified atom stereocenters. The van der Waals surface area contributed by atoms with Crippen LogP contribution in [0.2, 0.25) is 0 Å². The first kappa shape index (κ1) is 15.4. The van der Waals surface area contributed by atoms with Crippen LogP contribution in [0.5, 0.6) is 0 Å². The monoisotopic (exact) mass is 274 g/mol. The van der Waals surface area contributed by atoms with Gasteiger partial charge >= 0.3 is 0 Å². The van der Waals surface area contributed by atoms with Crippen molar-refractivity contribution in [1.82, 2.24) is 5.32 Å². The molecule has 112 valence electrons. The molecular formula is C18H30N2. The molecule has 2 rings (SSSR count). The molecule has 0 saturated heterocycles. The first-order valence-corrected chi connectivity index (χ1v) is 8.23. The Hall–Kier alpha value is -1.02. The lowest BCUT2D eigenvalue weighted by Crippen LogP contribution is -2.28. The normalized spacial score (nSPS) is 18.6. The van der Waals surface area contributed by atoms with Crippen LogP contribution >= 0.6 is 0 Å². The molecule has 1 aromatic rings. The summed E-state index contributed by atoms with van der Waals surface area (Å²) in [5, 5.41) is 3.74. The van der Waals surface area contributed by atoms with Gasteiger partial charge in [-0.25, -0.2) is 0 Å². The van der Waals surface area contributed by atoms with E-state index in [9.17, 15) is 0 Å². The highest BCUT2D eigenvalue weighted by Crippen LogP contribution is 2.34. The molecule has 0 spiro atoms. The lowest BCUT2D eigenvalue weighted by atomic mass is 9.87. The molecule has 0 bridgehead atoms. The Balaban J connectivity index is 2.20. The minimum Gasteiger partial charge on any atom is -0.378 e. The Bertz CT molecular complexity index is 392. The van der Waals surface area contributed by atoms with Gasteiger partial charge in [0.2, 0.25) is 0 Å². The first-order chi connectivity index (χ1) is 9.72. The maximum absolute atomic E-state index is 3.74. The van der Waals surface area contributed by atoms with E-state index in [1.807, 2.05) is 0 Å². The Kier molecular flexibility index (Phi) is 5.90. The number of rotatable bonds is 5. The van der Waals surface area contributed by atoms with Crippen LogP contribution < -0.4 is 10.2 Å². The third-order valence-corrected chi connectivity index (χ3v) is 4.54. The highest BCUT2D eigenvalue weighted by molar-refractivity contribution is 5.48. The fourth-order valence-electron chi connectivity index (χ4n) is 3.42. The van der Waals surface area contributed by atoms with Gasteiger partial charge in [0.15, 0.2) is 0 Å². The van der Waals surface area contributed by atoms with Gasteiger partial charge in [-0.15, -0.1) is 0 Å². The number of nitrogens with zero attached hydrogens (tertiary/aromatic N) is 1. The number of benzene rings is 1. The first-order valence-electron chi connectivity index (χ1n) is 8.23. The lowest BCUT2D eigenvalue weighted by Gasteiger charge is -2.28. The van der Waals surface area contributed by atoms with Crippen molar-refractivity contribution in [3.8, 4) is 0 Å². The molecule has 0 aliphatic heterocycles. The smallest absolute Gasteiger partial charge is 0.0364 e. The zero-order valence-corrected chi connectivity index (χ0v) is 13.4. The summed E-state index contributed by atoms with van der Waals surface area (Å²) in [7, 11) is 4.24. The molecule has 0 radical (unpaired) electrons. The number of hydrogen-bond donors (Lipinski definition) is 1. The van der Waals surface area contributed by atoms with Crippen LogP contribution in [0.15, 0.2) is 24.3 Å². The van der Waals surface area contributed by atoms with Gasteiger partial charge in [0.1, 0.15) is 0 Å². The minimum absolute atomic E-state index is 0.526. The predicted molar refractivity (Wildman–Crippen MR) is 88.4 cm³/mol. The highest BCUT2D eigenvalue weighted by atomic mass is 15.1. The van der Waals surface area contributed by atoms with E-state index in [1.54, 1.807) is 0 Å². The zero-order valence-electron chi connectivity index (χ0n) is 13.4. The summed E-state index contributed by atoms with van der Waals surface area (Å²) in [5.74, 6) is 0.801. The van der Waals surface area contributed by atoms with E-state index in [-0.39, 0.29) is 0 Å². The molecule has 1 fully saturated rings. The zero-order chi connectivity index (χ0) is 14.4. The predicted octanol–water partition coefficient (Wildman–Crippen LogP) is 4.37. The molecule has 0 aromatic heterocycles. The Morgan fingerprint density at radius 3 is 2.45 bits per heavy atom. The van der Waals surface area contributed by atoms with Crippen LogP contribution in [0.3, 0.4) is 0 Å². The summed E-state index contributed by atoms with van der Waals surface area (Å²) in [6.45, 7) is 3.27. The summed E-state index contributed by atoms with van der Waals surface area (Å²) < 4.78 is 0. The maximum atomic E-state index is 3.74. The lowest BCUT2D eigenvalue weighted by molar-refractivity contribution is 0.330. The third-order valence-electron chi connectivity index (χ3n) is 4.54. The number of hydrogen-bond acceptors (Lipinski definition) is 2. The standard InChI is InChI=1S/C18H30N2/c1-4-19-18(15-10-7-5-6-8-11-15)16-12-9-13-17(14-16)20(2)3/h9,12-15,18-19H,4-8,10-11H2,1-3H3. The molecule has 2 nitrogen and oxygen atoms in total. The van der Waals surface area contributed by atoms with Crippen molar-refractivity contribution >= 4 is 5.69 Å². The Labute approximate surface area is 124 Å². The van der Waals surface area contributed by atoms with Crippen molar-refractivity contribution in [2.45, 2.75) is 51.5 Å². The molecule has 1 aliphatic rings. The molecule has 2 heteroatoms. The molecule has 1 aliphatic carbocycles. The molecular weight excluding hydrogens is 244 g/mol. The topological polar surface area (TPSA) is 15.3 Å². The van der Waals surface area contributed by atoms with Gasteiger partial charge in [0.25, 0.3) is 0 Å². The van der Waals surface area contributed by atoms with Gasteiger partial charge < -0.3 is 10.2 Å². The molecule has 1 saturated carbocycles. The maximum Gasteiger partial charge on any atom is 0.0364 e. The van der Waals surface area contributed by atoms with E-state index in [0.717, 1.165) is 12.5 Å². The van der Waals surface area contributed by atoms with Crippen LogP contribution in [0.1, 0.15) is 57.1 Å². The van der Waals surface area contributed by atoms with E-state index < -0.39 is 0 Å². The van der Waals surface area contributed by atoms with Crippen molar-refractivity contribution < 1.29 is 0 Å². The third kappa shape index (κ3) is 3.99. The van der Waals surface area contributed by atoms with Gasteiger partial charge in [-0.1, -0.05) is 44.7 Å². The molecule has 1 aromatic carbocycles. The van der Waals surface area contributed by atoms with Crippen molar-refractivity contribution in [2.24, 2.45) is 5.92 Å². The average molecular weight is 274 g/mol. The molecule has 1 atom stereocenters. The second-order valence-electron chi connectivity index (χ2n) is 6.28. The molecule has 1 N–H and O–H groups in total. The van der Waals surface area contributed by atoms with E-state index in [1.165, 1.54) is 49.8 Å². The van der Waals surface area contributed by atoms with E-state index in [4.69, 9.17) is 0 Å². The number of nitrogens with one attached hydrogen (secondary N) is 1. The number of anilines is 1. The van der Waals surface area contributed by atoms with E-state index in [0.29, 0.717) is 6.04 Å². The van der Waals surface area contributed by atoms with Crippen molar-refractivity contribution in [2.75, 3.05) is 25.5 Å². The van der Waals surface area contributed by atoms with Crippen LogP contribution in [0, 0.1) is 5.92 Å². The molecule has 0 heterocycles. The second kappa shape index (κ2) is 7.68. The van der Waals surface area contributed by atoms with Gasteiger partial charge in [0.05, 0.1) is 0 Å². The van der Waals surface area contributed by atoms with E-state index in [2.05, 4.69) is 55.5 Å². The Morgan fingerprint density at radius 2 is 1.85 bits per heavy atom. The highest BCUT2D eigenvalue weighted by Gasteiger charge is 2.23. The fraction of sp³-hybridized carbons (Fsp3) is 0.667. The van der Waals surface area contributed by atoms with Gasteiger partial charge in [-0.2, -0.15) is 0 Å². The van der Waals surface area contributed by atoms with E-state index >= 15 is 0 Å². The summed E-state index contributed by atoms with van der Waals surface area (Å²) in [4.78, 5) is 2.19. The van der Waals surface area contributed by atoms with Crippen molar-refractivity contribution in [3.63, 3.8) is 0 Å². The molecule has 0 amide bonds. The fourth-order valence-corrected chi connectivity index (χ4v) is 3.42. The molecule has 20 heavy (non-hydrogen) atoms. The van der Waals surface area contributed by atoms with Crippen molar-refractivity contribution in [1.29, 1.82) is 0 Å². The quantitative estimate of drug-likeness (QED) is 0.802. The minimum atomic E-state index is 0.526. The van der Waals surface area contributed by atoms with Crippen LogP contribution in [0.25, 0.3) is 0 Å². The van der Waals surface area contributed by atoms with Gasteiger partial charge in [-0.05, 0) is 43.0 Å². The van der Waals surface area contributed by atoms with Gasteiger partial charge in [0, 0.05) is 25.8 Å². The summed E-state index contributed by atoms with van der Waals surface area (Å²) in [6, 6.07) is 9.58. The summed E-state index contributed by atoms with van der Waals surface area (Å²) in [5.41, 5.74) is 2.77.